The third-order valence-corrected chi connectivity index (χ3v) is 2.88. The van der Waals surface area contributed by atoms with E-state index in [0.717, 1.165) is 21.5 Å². The largest absolute Gasteiger partial charge is 0.368 e. The Bertz CT molecular complexity index is 697. The maximum Gasteiger partial charge on any atom is 0.220 e. The van der Waals surface area contributed by atoms with E-state index in [4.69, 9.17) is 5.73 Å². The Morgan fingerprint density at radius 3 is 2.78 bits per heavy atom. The molecule has 3 aromatic rings. The first kappa shape index (κ1) is 12.8. The molecule has 5 nitrogen and oxygen atoms in total. The van der Waals surface area contributed by atoms with E-state index >= 15 is 0 Å². The van der Waals surface area contributed by atoms with Crippen LogP contribution in [0.15, 0.2) is 41.3 Å². The van der Waals surface area contributed by atoms with Gasteiger partial charge in [-0.2, -0.15) is 0 Å². The molecule has 0 bridgehead atoms. The standard InChI is InChI=1S/C11H8BrN5.ClH/c12-7-1-2-10-15-5-9(17(10)6-7)8-3-4-14-11(13)16-8;/h1-6H,(H2,13,14,16);1H. The fraction of sp³-hybridized carbons (Fsp3) is 0. The number of nitrogens with zero attached hydrogens (tertiary/aromatic N) is 4. The third-order valence-electron chi connectivity index (χ3n) is 2.41. The Morgan fingerprint density at radius 2 is 2.00 bits per heavy atom. The van der Waals surface area contributed by atoms with E-state index in [0.29, 0.717) is 0 Å². The van der Waals surface area contributed by atoms with Crippen molar-refractivity contribution in [3.8, 4) is 11.4 Å². The zero-order valence-electron chi connectivity index (χ0n) is 9.12. The molecule has 0 atom stereocenters. The molecule has 0 spiro atoms. The Hall–Kier alpha value is -1.66. The predicted molar refractivity (Wildman–Crippen MR) is 75.6 cm³/mol. The van der Waals surface area contributed by atoms with Crippen molar-refractivity contribution in [1.29, 1.82) is 0 Å². The minimum atomic E-state index is 0. The van der Waals surface area contributed by atoms with Gasteiger partial charge in [0.15, 0.2) is 0 Å². The number of rotatable bonds is 1. The zero-order valence-corrected chi connectivity index (χ0v) is 11.5. The molecule has 3 aromatic heterocycles. The highest BCUT2D eigenvalue weighted by molar-refractivity contribution is 9.10. The summed E-state index contributed by atoms with van der Waals surface area (Å²) < 4.78 is 2.93. The van der Waals surface area contributed by atoms with Crippen molar-refractivity contribution in [2.24, 2.45) is 0 Å². The van der Waals surface area contributed by atoms with Crippen molar-refractivity contribution in [2.75, 3.05) is 5.73 Å². The fourth-order valence-corrected chi connectivity index (χ4v) is 2.00. The van der Waals surface area contributed by atoms with Crippen LogP contribution >= 0.6 is 28.3 Å². The summed E-state index contributed by atoms with van der Waals surface area (Å²) in [6.45, 7) is 0. The van der Waals surface area contributed by atoms with Crippen LogP contribution in [0.4, 0.5) is 5.95 Å². The minimum Gasteiger partial charge on any atom is -0.368 e. The number of nitrogen functional groups attached to an aromatic ring is 1. The molecule has 0 aromatic carbocycles. The molecule has 7 heteroatoms. The van der Waals surface area contributed by atoms with E-state index in [1.54, 1.807) is 18.5 Å². The number of nitrogens with two attached hydrogens (primary N) is 1. The molecule has 3 rings (SSSR count). The minimum absolute atomic E-state index is 0. The van der Waals surface area contributed by atoms with Gasteiger partial charge in [-0.1, -0.05) is 0 Å². The summed E-state index contributed by atoms with van der Waals surface area (Å²) in [6, 6.07) is 5.68. The lowest BCUT2D eigenvalue weighted by Gasteiger charge is -2.02. The molecule has 0 aliphatic rings. The lowest BCUT2D eigenvalue weighted by atomic mass is 10.3. The maximum absolute atomic E-state index is 5.58. The van der Waals surface area contributed by atoms with Crippen LogP contribution < -0.4 is 5.73 Å². The Kier molecular flexibility index (Phi) is 3.49. The molecule has 0 aliphatic carbocycles. The number of anilines is 1. The van der Waals surface area contributed by atoms with Crippen LogP contribution in [0.1, 0.15) is 0 Å². The molecule has 2 N–H and O–H groups in total. The van der Waals surface area contributed by atoms with E-state index in [9.17, 15) is 0 Å². The van der Waals surface area contributed by atoms with Crippen LogP contribution in [0.5, 0.6) is 0 Å². The number of hydrogen-bond acceptors (Lipinski definition) is 4. The molecule has 0 unspecified atom stereocenters. The normalized spacial score (nSPS) is 10.3. The van der Waals surface area contributed by atoms with Gasteiger partial charge in [0, 0.05) is 16.9 Å². The fourth-order valence-electron chi connectivity index (χ4n) is 1.66. The molecule has 0 amide bonds. The van der Waals surface area contributed by atoms with Gasteiger partial charge in [0.25, 0.3) is 0 Å². The van der Waals surface area contributed by atoms with Crippen molar-refractivity contribution in [3.05, 3.63) is 41.3 Å². The molecular formula is C11H9BrClN5. The quantitative estimate of drug-likeness (QED) is 0.746. The summed E-state index contributed by atoms with van der Waals surface area (Å²) in [5.74, 6) is 0.257. The number of imidazole rings is 1. The van der Waals surface area contributed by atoms with Crippen molar-refractivity contribution in [2.45, 2.75) is 0 Å². The second-order valence-corrected chi connectivity index (χ2v) is 4.43. The van der Waals surface area contributed by atoms with Gasteiger partial charge in [-0.3, -0.25) is 4.40 Å². The van der Waals surface area contributed by atoms with E-state index in [1.807, 2.05) is 22.7 Å². The molecular weight excluding hydrogens is 318 g/mol. The number of hydrogen-bond donors (Lipinski definition) is 1. The van der Waals surface area contributed by atoms with Crippen molar-refractivity contribution in [1.82, 2.24) is 19.4 Å². The topological polar surface area (TPSA) is 69.1 Å². The van der Waals surface area contributed by atoms with Gasteiger partial charge in [0.1, 0.15) is 5.65 Å². The Morgan fingerprint density at radius 1 is 1.17 bits per heavy atom. The summed E-state index contributed by atoms with van der Waals surface area (Å²) >= 11 is 3.43. The van der Waals surface area contributed by atoms with E-state index in [-0.39, 0.29) is 18.4 Å². The molecule has 0 radical (unpaired) electrons. The van der Waals surface area contributed by atoms with Crippen LogP contribution in [0.3, 0.4) is 0 Å². The summed E-state index contributed by atoms with van der Waals surface area (Å²) in [5.41, 5.74) is 8.08. The molecule has 0 saturated carbocycles. The maximum atomic E-state index is 5.58. The molecule has 0 saturated heterocycles. The molecule has 0 aliphatic heterocycles. The molecule has 18 heavy (non-hydrogen) atoms. The van der Waals surface area contributed by atoms with Gasteiger partial charge in [0.05, 0.1) is 17.6 Å². The highest BCUT2D eigenvalue weighted by atomic mass is 79.9. The molecule has 0 fully saturated rings. The van der Waals surface area contributed by atoms with Crippen molar-refractivity contribution < 1.29 is 0 Å². The first-order valence-electron chi connectivity index (χ1n) is 4.95. The summed E-state index contributed by atoms with van der Waals surface area (Å²) in [4.78, 5) is 12.4. The average molecular weight is 327 g/mol. The van der Waals surface area contributed by atoms with Crippen LogP contribution in [-0.4, -0.2) is 19.4 Å². The Labute approximate surface area is 118 Å². The first-order valence-corrected chi connectivity index (χ1v) is 5.75. The third kappa shape index (κ3) is 2.16. The second-order valence-electron chi connectivity index (χ2n) is 3.52. The van der Waals surface area contributed by atoms with Crippen LogP contribution in [-0.2, 0) is 0 Å². The van der Waals surface area contributed by atoms with Crippen LogP contribution in [0, 0.1) is 0 Å². The predicted octanol–water partition coefficient (Wildman–Crippen LogP) is 2.56. The molecule has 92 valence electrons. The number of halogens is 2. The van der Waals surface area contributed by atoms with Gasteiger partial charge < -0.3 is 5.73 Å². The van der Waals surface area contributed by atoms with E-state index < -0.39 is 0 Å². The smallest absolute Gasteiger partial charge is 0.220 e. The lowest BCUT2D eigenvalue weighted by Crippen LogP contribution is -1.96. The molecule has 3 heterocycles. The summed E-state index contributed by atoms with van der Waals surface area (Å²) in [7, 11) is 0. The van der Waals surface area contributed by atoms with Crippen molar-refractivity contribution in [3.63, 3.8) is 0 Å². The van der Waals surface area contributed by atoms with Gasteiger partial charge in [-0.15, -0.1) is 12.4 Å². The highest BCUT2D eigenvalue weighted by Gasteiger charge is 2.07. The highest BCUT2D eigenvalue weighted by Crippen LogP contribution is 2.21. The number of fused-ring (bicyclic) bond motifs is 1. The first-order chi connectivity index (χ1) is 8.24. The summed E-state index contributed by atoms with van der Waals surface area (Å²) in [6.07, 6.45) is 5.34. The SMILES string of the molecule is Cl.Nc1nccc(-c2cnc3ccc(Br)cn23)n1. The summed E-state index contributed by atoms with van der Waals surface area (Å²) in [5, 5.41) is 0. The van der Waals surface area contributed by atoms with Gasteiger partial charge >= 0.3 is 0 Å². The van der Waals surface area contributed by atoms with Gasteiger partial charge in [-0.25, -0.2) is 15.0 Å². The monoisotopic (exact) mass is 325 g/mol. The van der Waals surface area contributed by atoms with Crippen LogP contribution in [0.2, 0.25) is 0 Å². The van der Waals surface area contributed by atoms with E-state index in [1.165, 1.54) is 0 Å². The van der Waals surface area contributed by atoms with E-state index in [2.05, 4.69) is 30.9 Å². The second kappa shape index (κ2) is 4.91. The van der Waals surface area contributed by atoms with Gasteiger partial charge in [-0.05, 0) is 34.1 Å². The Balaban J connectivity index is 0.00000120. The zero-order chi connectivity index (χ0) is 11.8. The lowest BCUT2D eigenvalue weighted by molar-refractivity contribution is 1.13. The number of aromatic nitrogens is 4. The van der Waals surface area contributed by atoms with Gasteiger partial charge in [0.2, 0.25) is 5.95 Å². The van der Waals surface area contributed by atoms with Crippen LogP contribution in [0.25, 0.3) is 17.0 Å². The van der Waals surface area contributed by atoms with Crippen molar-refractivity contribution >= 4 is 39.9 Å². The average Bonchev–Trinajstić information content (AvgIpc) is 2.71. The number of pyridine rings is 1.